The highest BCUT2D eigenvalue weighted by Gasteiger charge is 2.10. The van der Waals surface area contributed by atoms with E-state index in [1.165, 1.54) is 17.3 Å². The zero-order chi connectivity index (χ0) is 17.1. The number of aryl methyl sites for hydroxylation is 2. The Hall–Kier alpha value is -2.47. The predicted molar refractivity (Wildman–Crippen MR) is 97.9 cm³/mol. The summed E-state index contributed by atoms with van der Waals surface area (Å²) in [5.41, 5.74) is 4.81. The molecule has 2 N–H and O–H groups in total. The summed E-state index contributed by atoms with van der Waals surface area (Å²) in [6, 6.07) is 11.7. The molecule has 0 bridgehead atoms. The van der Waals surface area contributed by atoms with Gasteiger partial charge in [-0.2, -0.15) is 0 Å². The zero-order valence-corrected chi connectivity index (χ0v) is 14.7. The van der Waals surface area contributed by atoms with Crippen LogP contribution in [-0.4, -0.2) is 28.7 Å². The Labute approximate surface area is 144 Å². The first-order chi connectivity index (χ1) is 11.5. The molecule has 6 heteroatoms. The minimum atomic E-state index is -0.0967. The SMILES string of the molecule is COc1ccc(C)cc1NC(=O)CSc1nc2ccc(C)cc2[nH]1. The van der Waals surface area contributed by atoms with Crippen LogP contribution < -0.4 is 10.1 Å². The number of imidazole rings is 1. The summed E-state index contributed by atoms with van der Waals surface area (Å²) in [6.45, 7) is 4.01. The van der Waals surface area contributed by atoms with Crippen molar-refractivity contribution < 1.29 is 9.53 Å². The van der Waals surface area contributed by atoms with Crippen molar-refractivity contribution in [2.24, 2.45) is 0 Å². The van der Waals surface area contributed by atoms with E-state index in [0.29, 0.717) is 11.4 Å². The second kappa shape index (κ2) is 6.97. The topological polar surface area (TPSA) is 67.0 Å². The third kappa shape index (κ3) is 3.71. The van der Waals surface area contributed by atoms with Crippen molar-refractivity contribution >= 4 is 34.4 Å². The number of amides is 1. The quantitative estimate of drug-likeness (QED) is 0.690. The van der Waals surface area contributed by atoms with Gasteiger partial charge in [0.1, 0.15) is 5.75 Å². The van der Waals surface area contributed by atoms with Crippen LogP contribution >= 0.6 is 11.8 Å². The molecule has 3 aromatic rings. The van der Waals surface area contributed by atoms with E-state index in [-0.39, 0.29) is 11.7 Å². The molecule has 0 unspecified atom stereocenters. The summed E-state index contributed by atoms with van der Waals surface area (Å²) >= 11 is 1.38. The summed E-state index contributed by atoms with van der Waals surface area (Å²) in [6.07, 6.45) is 0. The number of carbonyl (C=O) groups excluding carboxylic acids is 1. The Balaban J connectivity index is 1.65. The predicted octanol–water partition coefficient (Wildman–Crippen LogP) is 3.92. The van der Waals surface area contributed by atoms with Crippen LogP contribution in [0.1, 0.15) is 11.1 Å². The number of benzene rings is 2. The number of hydrogen-bond acceptors (Lipinski definition) is 4. The molecular formula is C18H19N3O2S. The molecule has 1 aromatic heterocycles. The molecule has 0 fully saturated rings. The summed E-state index contributed by atoms with van der Waals surface area (Å²) in [4.78, 5) is 19.9. The van der Waals surface area contributed by atoms with Gasteiger partial charge in [-0.1, -0.05) is 23.9 Å². The van der Waals surface area contributed by atoms with E-state index >= 15 is 0 Å². The van der Waals surface area contributed by atoms with Crippen molar-refractivity contribution in [1.29, 1.82) is 0 Å². The third-order valence-corrected chi connectivity index (χ3v) is 4.46. The van der Waals surface area contributed by atoms with Crippen molar-refractivity contribution in [3.8, 4) is 5.75 Å². The Kier molecular flexibility index (Phi) is 4.76. The van der Waals surface area contributed by atoms with E-state index in [1.807, 2.05) is 50.2 Å². The summed E-state index contributed by atoms with van der Waals surface area (Å²) in [5.74, 6) is 0.828. The van der Waals surface area contributed by atoms with Gasteiger partial charge in [0, 0.05) is 0 Å². The van der Waals surface area contributed by atoms with Crippen LogP contribution in [0.2, 0.25) is 0 Å². The average molecular weight is 341 g/mol. The lowest BCUT2D eigenvalue weighted by Gasteiger charge is -2.10. The minimum Gasteiger partial charge on any atom is -0.495 e. The highest BCUT2D eigenvalue weighted by atomic mass is 32.2. The molecule has 0 aliphatic carbocycles. The van der Waals surface area contributed by atoms with Gasteiger partial charge in [-0.15, -0.1) is 0 Å². The maximum absolute atomic E-state index is 12.2. The summed E-state index contributed by atoms with van der Waals surface area (Å²) in [5, 5.41) is 3.63. The molecule has 0 atom stereocenters. The number of carbonyl (C=O) groups is 1. The van der Waals surface area contributed by atoms with Gasteiger partial charge in [0.15, 0.2) is 5.16 Å². The Morgan fingerprint density at radius 1 is 1.21 bits per heavy atom. The van der Waals surface area contributed by atoms with Crippen molar-refractivity contribution in [3.05, 3.63) is 47.5 Å². The fourth-order valence-electron chi connectivity index (χ4n) is 2.41. The van der Waals surface area contributed by atoms with Gasteiger partial charge in [0.2, 0.25) is 5.91 Å². The second-order valence-electron chi connectivity index (χ2n) is 5.60. The van der Waals surface area contributed by atoms with Crippen LogP contribution in [0.3, 0.4) is 0 Å². The number of anilines is 1. The van der Waals surface area contributed by atoms with Gasteiger partial charge >= 0.3 is 0 Å². The molecule has 0 radical (unpaired) electrons. The van der Waals surface area contributed by atoms with Crippen LogP contribution in [0, 0.1) is 13.8 Å². The van der Waals surface area contributed by atoms with Crippen LogP contribution in [0.15, 0.2) is 41.6 Å². The Morgan fingerprint density at radius 2 is 1.96 bits per heavy atom. The largest absolute Gasteiger partial charge is 0.495 e. The number of nitrogens with one attached hydrogen (secondary N) is 2. The lowest BCUT2D eigenvalue weighted by Crippen LogP contribution is -2.15. The molecule has 5 nitrogen and oxygen atoms in total. The fourth-order valence-corrected chi connectivity index (χ4v) is 3.09. The number of rotatable bonds is 5. The van der Waals surface area contributed by atoms with Crippen molar-refractivity contribution in [3.63, 3.8) is 0 Å². The van der Waals surface area contributed by atoms with E-state index in [9.17, 15) is 4.79 Å². The molecule has 124 valence electrons. The number of methoxy groups -OCH3 is 1. The highest BCUT2D eigenvalue weighted by Crippen LogP contribution is 2.26. The third-order valence-electron chi connectivity index (χ3n) is 3.58. The number of ether oxygens (including phenoxy) is 1. The second-order valence-corrected chi connectivity index (χ2v) is 6.57. The number of thioether (sulfide) groups is 1. The van der Waals surface area contributed by atoms with E-state index in [2.05, 4.69) is 15.3 Å². The Morgan fingerprint density at radius 3 is 2.75 bits per heavy atom. The number of fused-ring (bicyclic) bond motifs is 1. The van der Waals surface area contributed by atoms with Gasteiger partial charge < -0.3 is 15.0 Å². The molecule has 2 aromatic carbocycles. The normalized spacial score (nSPS) is 10.8. The molecular weight excluding hydrogens is 322 g/mol. The maximum Gasteiger partial charge on any atom is 0.234 e. The molecule has 1 amide bonds. The first-order valence-electron chi connectivity index (χ1n) is 7.59. The van der Waals surface area contributed by atoms with E-state index in [1.54, 1.807) is 7.11 Å². The molecule has 24 heavy (non-hydrogen) atoms. The lowest BCUT2D eigenvalue weighted by molar-refractivity contribution is -0.113. The lowest BCUT2D eigenvalue weighted by atomic mass is 10.2. The molecule has 0 aliphatic heterocycles. The molecule has 0 saturated heterocycles. The number of hydrogen-bond donors (Lipinski definition) is 2. The van der Waals surface area contributed by atoms with Gasteiger partial charge in [0.05, 0.1) is 29.6 Å². The zero-order valence-electron chi connectivity index (χ0n) is 13.8. The summed E-state index contributed by atoms with van der Waals surface area (Å²) in [7, 11) is 1.59. The summed E-state index contributed by atoms with van der Waals surface area (Å²) < 4.78 is 5.28. The maximum atomic E-state index is 12.2. The van der Waals surface area contributed by atoms with Gasteiger partial charge in [-0.05, 0) is 49.2 Å². The van der Waals surface area contributed by atoms with Crippen LogP contribution in [0.5, 0.6) is 5.75 Å². The van der Waals surface area contributed by atoms with Crippen LogP contribution in [0.4, 0.5) is 5.69 Å². The van der Waals surface area contributed by atoms with Crippen LogP contribution in [-0.2, 0) is 4.79 Å². The average Bonchev–Trinajstić information content (AvgIpc) is 2.95. The Bertz CT molecular complexity index is 889. The standard InChI is InChI=1S/C18H19N3O2S/c1-11-4-6-13-14(8-11)21-18(20-13)24-10-17(22)19-15-9-12(2)5-7-16(15)23-3/h4-9H,10H2,1-3H3,(H,19,22)(H,20,21). The first kappa shape index (κ1) is 16.4. The smallest absolute Gasteiger partial charge is 0.234 e. The van der Waals surface area contributed by atoms with E-state index in [0.717, 1.165) is 21.8 Å². The van der Waals surface area contributed by atoms with Gasteiger partial charge in [-0.3, -0.25) is 4.79 Å². The monoisotopic (exact) mass is 341 g/mol. The molecule has 1 heterocycles. The number of H-pyrrole nitrogens is 1. The number of aromatic amines is 1. The first-order valence-corrected chi connectivity index (χ1v) is 8.57. The van der Waals surface area contributed by atoms with Crippen molar-refractivity contribution in [1.82, 2.24) is 9.97 Å². The van der Waals surface area contributed by atoms with Crippen molar-refractivity contribution in [2.45, 2.75) is 19.0 Å². The number of aromatic nitrogens is 2. The van der Waals surface area contributed by atoms with E-state index < -0.39 is 0 Å². The van der Waals surface area contributed by atoms with Gasteiger partial charge in [0.25, 0.3) is 0 Å². The highest BCUT2D eigenvalue weighted by molar-refractivity contribution is 7.99. The molecule has 0 saturated carbocycles. The fraction of sp³-hybridized carbons (Fsp3) is 0.222. The molecule has 0 aliphatic rings. The minimum absolute atomic E-state index is 0.0967. The van der Waals surface area contributed by atoms with E-state index in [4.69, 9.17) is 4.74 Å². The molecule has 0 spiro atoms. The molecule has 3 rings (SSSR count). The van der Waals surface area contributed by atoms with Crippen molar-refractivity contribution in [2.75, 3.05) is 18.2 Å². The number of nitrogens with zero attached hydrogens (tertiary/aromatic N) is 1. The van der Waals surface area contributed by atoms with Gasteiger partial charge in [-0.25, -0.2) is 4.98 Å². The van der Waals surface area contributed by atoms with Crippen LogP contribution in [0.25, 0.3) is 11.0 Å².